The van der Waals surface area contributed by atoms with Gasteiger partial charge in [0.25, 0.3) is 0 Å². The van der Waals surface area contributed by atoms with Crippen LogP contribution in [0, 0.1) is 6.92 Å². The zero-order valence-corrected chi connectivity index (χ0v) is 9.10. The van der Waals surface area contributed by atoms with Crippen LogP contribution in [0.3, 0.4) is 0 Å². The second-order valence-corrected chi connectivity index (χ2v) is 4.07. The molecule has 0 fully saturated rings. The summed E-state index contributed by atoms with van der Waals surface area (Å²) in [6, 6.07) is 3.74. The summed E-state index contributed by atoms with van der Waals surface area (Å²) < 4.78 is 0. The van der Waals surface area contributed by atoms with Gasteiger partial charge in [0.05, 0.1) is 6.42 Å². The molecule has 15 heavy (non-hydrogen) atoms. The molecule has 0 atom stereocenters. The van der Waals surface area contributed by atoms with Crippen molar-refractivity contribution in [2.75, 3.05) is 5.32 Å². The summed E-state index contributed by atoms with van der Waals surface area (Å²) >= 11 is 1.59. The van der Waals surface area contributed by atoms with Crippen molar-refractivity contribution in [3.05, 3.63) is 34.2 Å². The summed E-state index contributed by atoms with van der Waals surface area (Å²) in [5, 5.41) is 13.4. The minimum Gasteiger partial charge on any atom is -0.309 e. The van der Waals surface area contributed by atoms with Crippen molar-refractivity contribution in [3.63, 3.8) is 0 Å². The van der Waals surface area contributed by atoms with Gasteiger partial charge in [0.1, 0.15) is 0 Å². The maximum atomic E-state index is 11.5. The topological polar surface area (TPSA) is 57.8 Å². The first kappa shape index (κ1) is 9.92. The summed E-state index contributed by atoms with van der Waals surface area (Å²) in [5.41, 5.74) is 1.96. The third kappa shape index (κ3) is 2.66. The number of rotatable bonds is 3. The molecule has 2 N–H and O–H groups in total. The molecule has 0 aliphatic carbocycles. The molecule has 2 rings (SSSR count). The Morgan fingerprint density at radius 2 is 2.53 bits per heavy atom. The normalized spacial score (nSPS) is 10.2. The molecule has 2 aromatic rings. The average Bonchev–Trinajstić information content (AvgIpc) is 2.77. The fourth-order valence-electron chi connectivity index (χ4n) is 1.25. The van der Waals surface area contributed by atoms with Crippen LogP contribution in [0.15, 0.2) is 22.9 Å². The maximum absolute atomic E-state index is 11.5. The Balaban J connectivity index is 1.93. The number of anilines is 1. The number of thiophene rings is 1. The molecule has 0 aliphatic rings. The van der Waals surface area contributed by atoms with Gasteiger partial charge in [-0.15, -0.1) is 0 Å². The number of carbonyl (C=O) groups excluding carboxylic acids is 1. The number of aromatic nitrogens is 2. The number of nitrogens with zero attached hydrogens (tertiary/aromatic N) is 1. The molecule has 0 spiro atoms. The van der Waals surface area contributed by atoms with Gasteiger partial charge >= 0.3 is 0 Å². The first-order valence-corrected chi connectivity index (χ1v) is 5.51. The molecule has 0 saturated heterocycles. The highest BCUT2D eigenvalue weighted by atomic mass is 32.1. The highest BCUT2D eigenvalue weighted by molar-refractivity contribution is 7.08. The van der Waals surface area contributed by atoms with Crippen LogP contribution in [-0.4, -0.2) is 16.1 Å². The molecule has 0 radical (unpaired) electrons. The number of nitrogens with one attached hydrogen (secondary N) is 2. The van der Waals surface area contributed by atoms with Gasteiger partial charge in [0, 0.05) is 11.8 Å². The van der Waals surface area contributed by atoms with Gasteiger partial charge in [-0.1, -0.05) is 0 Å². The van der Waals surface area contributed by atoms with E-state index in [0.717, 1.165) is 11.3 Å². The fraction of sp³-hybridized carbons (Fsp3) is 0.200. The van der Waals surface area contributed by atoms with Crippen LogP contribution < -0.4 is 5.32 Å². The van der Waals surface area contributed by atoms with Gasteiger partial charge in [0.15, 0.2) is 5.82 Å². The minimum absolute atomic E-state index is 0.0418. The molecule has 1 amide bonds. The second-order valence-electron chi connectivity index (χ2n) is 3.29. The van der Waals surface area contributed by atoms with E-state index in [1.807, 2.05) is 23.8 Å². The van der Waals surface area contributed by atoms with E-state index in [2.05, 4.69) is 15.5 Å². The van der Waals surface area contributed by atoms with Crippen molar-refractivity contribution in [2.45, 2.75) is 13.3 Å². The number of carbonyl (C=O) groups is 1. The van der Waals surface area contributed by atoms with E-state index in [9.17, 15) is 4.79 Å². The molecule has 0 bridgehead atoms. The molecule has 0 aliphatic heterocycles. The zero-order chi connectivity index (χ0) is 10.7. The molecule has 0 saturated carbocycles. The number of amides is 1. The molecule has 5 heteroatoms. The van der Waals surface area contributed by atoms with Crippen molar-refractivity contribution in [1.82, 2.24) is 10.2 Å². The Labute approximate surface area is 91.3 Å². The minimum atomic E-state index is -0.0418. The number of aromatic amines is 1. The fourth-order valence-corrected chi connectivity index (χ4v) is 1.92. The average molecular weight is 221 g/mol. The van der Waals surface area contributed by atoms with Crippen LogP contribution in [0.4, 0.5) is 5.82 Å². The Bertz CT molecular complexity index is 447. The van der Waals surface area contributed by atoms with E-state index in [0.29, 0.717) is 12.2 Å². The second kappa shape index (κ2) is 4.27. The largest absolute Gasteiger partial charge is 0.309 e. The highest BCUT2D eigenvalue weighted by Gasteiger charge is 2.05. The van der Waals surface area contributed by atoms with E-state index in [1.54, 1.807) is 17.4 Å². The molecular formula is C10H11N3OS. The first-order chi connectivity index (χ1) is 7.24. The summed E-state index contributed by atoms with van der Waals surface area (Å²) in [4.78, 5) is 11.5. The van der Waals surface area contributed by atoms with Crippen molar-refractivity contribution < 1.29 is 4.79 Å². The third-order valence-electron chi connectivity index (χ3n) is 1.92. The molecule has 2 aromatic heterocycles. The molecule has 4 nitrogen and oxygen atoms in total. The lowest BCUT2D eigenvalue weighted by molar-refractivity contribution is -0.115. The van der Waals surface area contributed by atoms with Gasteiger partial charge in [-0.05, 0) is 29.3 Å². The van der Waals surface area contributed by atoms with Gasteiger partial charge in [0.2, 0.25) is 5.91 Å². The van der Waals surface area contributed by atoms with Crippen LogP contribution in [0.5, 0.6) is 0 Å². The summed E-state index contributed by atoms with van der Waals surface area (Å²) in [6.45, 7) is 1.89. The van der Waals surface area contributed by atoms with E-state index < -0.39 is 0 Å². The van der Waals surface area contributed by atoms with Crippen molar-refractivity contribution in [2.24, 2.45) is 0 Å². The molecular weight excluding hydrogens is 210 g/mol. The zero-order valence-electron chi connectivity index (χ0n) is 8.28. The predicted molar refractivity (Wildman–Crippen MR) is 60.0 cm³/mol. The SMILES string of the molecule is Cc1cc(NC(=O)Cc2ccsc2)n[nH]1. The van der Waals surface area contributed by atoms with Crippen molar-refractivity contribution in [1.29, 1.82) is 0 Å². The van der Waals surface area contributed by atoms with Crippen molar-refractivity contribution >= 4 is 23.1 Å². The van der Waals surface area contributed by atoms with E-state index >= 15 is 0 Å². The molecule has 78 valence electrons. The molecule has 0 aromatic carbocycles. The lowest BCUT2D eigenvalue weighted by Crippen LogP contribution is -2.14. The monoisotopic (exact) mass is 221 g/mol. The van der Waals surface area contributed by atoms with Crippen LogP contribution in [-0.2, 0) is 11.2 Å². The van der Waals surface area contributed by atoms with Gasteiger partial charge in [-0.25, -0.2) is 0 Å². The Morgan fingerprint density at radius 1 is 1.67 bits per heavy atom. The number of H-pyrrole nitrogens is 1. The van der Waals surface area contributed by atoms with E-state index in [1.165, 1.54) is 0 Å². The number of aryl methyl sites for hydroxylation is 1. The van der Waals surface area contributed by atoms with Gasteiger partial charge in [-0.2, -0.15) is 16.4 Å². The van der Waals surface area contributed by atoms with Crippen LogP contribution >= 0.6 is 11.3 Å². The van der Waals surface area contributed by atoms with E-state index in [-0.39, 0.29) is 5.91 Å². The van der Waals surface area contributed by atoms with Crippen LogP contribution in [0.2, 0.25) is 0 Å². The van der Waals surface area contributed by atoms with E-state index in [4.69, 9.17) is 0 Å². The summed E-state index contributed by atoms with van der Waals surface area (Å²) in [6.07, 6.45) is 0.398. The first-order valence-electron chi connectivity index (χ1n) is 4.57. The van der Waals surface area contributed by atoms with Crippen molar-refractivity contribution in [3.8, 4) is 0 Å². The Kier molecular flexibility index (Phi) is 2.82. The van der Waals surface area contributed by atoms with Gasteiger partial charge in [-0.3, -0.25) is 9.89 Å². The molecule has 2 heterocycles. The summed E-state index contributed by atoms with van der Waals surface area (Å²) in [7, 11) is 0. The quantitative estimate of drug-likeness (QED) is 0.832. The summed E-state index contributed by atoms with van der Waals surface area (Å²) in [5.74, 6) is 0.535. The Morgan fingerprint density at radius 3 is 3.13 bits per heavy atom. The third-order valence-corrected chi connectivity index (χ3v) is 2.65. The van der Waals surface area contributed by atoms with Crippen LogP contribution in [0.25, 0.3) is 0 Å². The predicted octanol–water partition coefficient (Wildman–Crippen LogP) is 1.96. The maximum Gasteiger partial charge on any atom is 0.230 e. The number of hydrogen-bond acceptors (Lipinski definition) is 3. The lowest BCUT2D eigenvalue weighted by Gasteiger charge is -1.99. The highest BCUT2D eigenvalue weighted by Crippen LogP contribution is 2.09. The van der Waals surface area contributed by atoms with Gasteiger partial charge < -0.3 is 5.32 Å². The lowest BCUT2D eigenvalue weighted by atomic mass is 10.2. The Hall–Kier alpha value is -1.62. The van der Waals surface area contributed by atoms with Crippen LogP contribution in [0.1, 0.15) is 11.3 Å². The standard InChI is InChI=1S/C10H11N3OS/c1-7-4-9(13-12-7)11-10(14)5-8-2-3-15-6-8/h2-4,6H,5H2,1H3,(H2,11,12,13,14). The molecule has 0 unspecified atom stereocenters. The number of hydrogen-bond donors (Lipinski definition) is 2. The smallest absolute Gasteiger partial charge is 0.230 e.